The van der Waals surface area contributed by atoms with Gasteiger partial charge < -0.3 is 9.84 Å². The Bertz CT molecular complexity index is 400. The zero-order chi connectivity index (χ0) is 11.9. The third-order valence-corrected chi connectivity index (χ3v) is 2.49. The average Bonchev–Trinajstić information content (AvgIpc) is 2.37. The van der Waals surface area contributed by atoms with Gasteiger partial charge in [0.2, 0.25) is 5.88 Å². The molecule has 1 unspecified atom stereocenters. The predicted molar refractivity (Wildman–Crippen MR) is 47.9 cm³/mol. The Morgan fingerprint density at radius 1 is 1.50 bits per heavy atom. The van der Waals surface area contributed by atoms with E-state index in [1.165, 1.54) is 7.05 Å². The van der Waals surface area contributed by atoms with Crippen LogP contribution in [-0.2, 0) is 13.2 Å². The first-order valence-electron chi connectivity index (χ1n) is 4.86. The van der Waals surface area contributed by atoms with Crippen molar-refractivity contribution in [2.24, 2.45) is 7.05 Å². The second-order valence-electron chi connectivity index (χ2n) is 3.70. The summed E-state index contributed by atoms with van der Waals surface area (Å²) in [5.74, 6) is 0.0114. The van der Waals surface area contributed by atoms with Gasteiger partial charge in [0.05, 0.1) is 18.3 Å². The first-order chi connectivity index (χ1) is 7.41. The van der Waals surface area contributed by atoms with Crippen molar-refractivity contribution in [2.45, 2.75) is 25.1 Å². The summed E-state index contributed by atoms with van der Waals surface area (Å²) in [5.41, 5.74) is -1.30. The summed E-state index contributed by atoms with van der Waals surface area (Å²) >= 11 is 0. The molecule has 1 aromatic rings. The highest BCUT2D eigenvalue weighted by atomic mass is 19.4. The molecule has 16 heavy (non-hydrogen) atoms. The lowest BCUT2D eigenvalue weighted by molar-refractivity contribution is -0.143. The van der Waals surface area contributed by atoms with Gasteiger partial charge in [0.1, 0.15) is 0 Å². The Balaban J connectivity index is 2.57. The summed E-state index contributed by atoms with van der Waals surface area (Å²) in [6, 6.07) is 0. The highest BCUT2D eigenvalue weighted by Gasteiger charge is 2.42. The molecule has 0 amide bonds. The van der Waals surface area contributed by atoms with Crippen LogP contribution in [0.3, 0.4) is 0 Å². The Kier molecular flexibility index (Phi) is 2.57. The summed E-state index contributed by atoms with van der Waals surface area (Å²) < 4.78 is 44.1. The number of halogens is 3. The summed E-state index contributed by atoms with van der Waals surface area (Å²) in [7, 11) is 1.37. The average molecular weight is 236 g/mol. The highest BCUT2D eigenvalue weighted by Crippen LogP contribution is 2.41. The fourth-order valence-electron chi connectivity index (χ4n) is 1.80. The van der Waals surface area contributed by atoms with Crippen molar-refractivity contribution in [1.82, 2.24) is 9.78 Å². The molecule has 90 valence electrons. The van der Waals surface area contributed by atoms with Crippen LogP contribution in [0.1, 0.15) is 30.2 Å². The van der Waals surface area contributed by atoms with E-state index in [0.29, 0.717) is 13.0 Å². The molecular formula is C9H11F3N2O2. The van der Waals surface area contributed by atoms with E-state index in [9.17, 15) is 18.3 Å². The van der Waals surface area contributed by atoms with Crippen LogP contribution in [0.4, 0.5) is 13.2 Å². The van der Waals surface area contributed by atoms with E-state index in [4.69, 9.17) is 4.74 Å². The van der Waals surface area contributed by atoms with Crippen molar-refractivity contribution in [3.63, 3.8) is 0 Å². The van der Waals surface area contributed by atoms with Gasteiger partial charge >= 0.3 is 6.18 Å². The maximum Gasteiger partial charge on any atom is 0.435 e. The molecule has 1 N–H and O–H groups in total. The molecule has 1 aliphatic rings. The summed E-state index contributed by atoms with van der Waals surface area (Å²) in [5, 5.41) is 13.0. The van der Waals surface area contributed by atoms with Crippen molar-refractivity contribution in [3.05, 3.63) is 11.3 Å². The van der Waals surface area contributed by atoms with Crippen molar-refractivity contribution in [3.8, 4) is 5.88 Å². The number of aliphatic hydroxyl groups is 1. The topological polar surface area (TPSA) is 47.3 Å². The van der Waals surface area contributed by atoms with Crippen LogP contribution in [-0.4, -0.2) is 21.5 Å². The fourth-order valence-corrected chi connectivity index (χ4v) is 1.80. The van der Waals surface area contributed by atoms with E-state index >= 15 is 0 Å². The van der Waals surface area contributed by atoms with Crippen LogP contribution < -0.4 is 4.74 Å². The lowest BCUT2D eigenvalue weighted by Gasteiger charge is -2.10. The minimum atomic E-state index is -4.57. The number of alkyl halides is 3. The molecule has 0 aliphatic carbocycles. The minimum absolute atomic E-state index is 0.0114. The Hall–Kier alpha value is -1.24. The Morgan fingerprint density at radius 2 is 2.19 bits per heavy atom. The molecule has 1 atom stereocenters. The molecule has 2 heterocycles. The number of hydrogen-bond acceptors (Lipinski definition) is 3. The molecule has 0 saturated heterocycles. The van der Waals surface area contributed by atoms with Gasteiger partial charge in [-0.25, -0.2) is 4.68 Å². The zero-order valence-corrected chi connectivity index (χ0v) is 8.58. The van der Waals surface area contributed by atoms with E-state index < -0.39 is 18.0 Å². The van der Waals surface area contributed by atoms with Crippen molar-refractivity contribution < 1.29 is 23.0 Å². The standard InChI is InChI=1S/C9H11F3N2O2/c1-14-8-6(5(15)3-2-4-16-8)7(13-14)9(10,11)12/h5,15H,2-4H2,1H3. The first-order valence-corrected chi connectivity index (χ1v) is 4.86. The summed E-state index contributed by atoms with van der Waals surface area (Å²) in [6.07, 6.45) is -4.96. The minimum Gasteiger partial charge on any atom is -0.478 e. The van der Waals surface area contributed by atoms with Crippen LogP contribution in [0.2, 0.25) is 0 Å². The molecule has 0 saturated carbocycles. The SMILES string of the molecule is Cn1nc(C(F)(F)F)c2c1OCCCC2O. The molecule has 0 bridgehead atoms. The number of aliphatic hydroxyl groups excluding tert-OH is 1. The van der Waals surface area contributed by atoms with Gasteiger partial charge in [0.15, 0.2) is 5.69 Å². The predicted octanol–water partition coefficient (Wildman–Crippen LogP) is 1.64. The molecule has 0 fully saturated rings. The second kappa shape index (κ2) is 3.65. The van der Waals surface area contributed by atoms with Gasteiger partial charge in [-0.05, 0) is 12.8 Å². The number of nitrogens with zero attached hydrogens (tertiary/aromatic N) is 2. The summed E-state index contributed by atoms with van der Waals surface area (Å²) in [6.45, 7) is 0.293. The fraction of sp³-hybridized carbons (Fsp3) is 0.667. The number of rotatable bonds is 0. The number of fused-ring (bicyclic) bond motifs is 1. The van der Waals surface area contributed by atoms with E-state index in [1.54, 1.807) is 0 Å². The van der Waals surface area contributed by atoms with Gasteiger partial charge in [-0.15, -0.1) is 0 Å². The van der Waals surface area contributed by atoms with Crippen molar-refractivity contribution in [1.29, 1.82) is 0 Å². The quantitative estimate of drug-likeness (QED) is 0.745. The summed E-state index contributed by atoms with van der Waals surface area (Å²) in [4.78, 5) is 0. The van der Waals surface area contributed by atoms with Crippen molar-refractivity contribution >= 4 is 0 Å². The molecule has 2 rings (SSSR count). The maximum atomic E-state index is 12.7. The highest BCUT2D eigenvalue weighted by molar-refractivity contribution is 5.36. The molecule has 1 aromatic heterocycles. The largest absolute Gasteiger partial charge is 0.478 e. The van der Waals surface area contributed by atoms with Gasteiger partial charge in [-0.2, -0.15) is 18.3 Å². The van der Waals surface area contributed by atoms with E-state index in [0.717, 1.165) is 4.68 Å². The molecular weight excluding hydrogens is 225 g/mol. The smallest absolute Gasteiger partial charge is 0.435 e. The molecule has 0 radical (unpaired) electrons. The van der Waals surface area contributed by atoms with Gasteiger partial charge in [-0.3, -0.25) is 0 Å². The van der Waals surface area contributed by atoms with Crippen LogP contribution in [0.25, 0.3) is 0 Å². The van der Waals surface area contributed by atoms with E-state index in [-0.39, 0.29) is 17.9 Å². The molecule has 7 heteroatoms. The van der Waals surface area contributed by atoms with Crippen LogP contribution in [0.5, 0.6) is 5.88 Å². The third-order valence-electron chi connectivity index (χ3n) is 2.49. The van der Waals surface area contributed by atoms with Crippen LogP contribution in [0.15, 0.2) is 0 Å². The lowest BCUT2D eigenvalue weighted by Crippen LogP contribution is -2.11. The van der Waals surface area contributed by atoms with Crippen LogP contribution in [0, 0.1) is 0 Å². The molecule has 1 aliphatic heterocycles. The molecule has 4 nitrogen and oxygen atoms in total. The van der Waals surface area contributed by atoms with Crippen LogP contribution >= 0.6 is 0 Å². The number of aryl methyl sites for hydroxylation is 1. The zero-order valence-electron chi connectivity index (χ0n) is 8.58. The van der Waals surface area contributed by atoms with Gasteiger partial charge in [-0.1, -0.05) is 0 Å². The number of ether oxygens (including phenoxy) is 1. The number of aromatic nitrogens is 2. The third kappa shape index (κ3) is 1.75. The molecule has 0 spiro atoms. The Labute approximate surface area is 89.6 Å². The molecule has 0 aromatic carbocycles. The van der Waals surface area contributed by atoms with Crippen molar-refractivity contribution in [2.75, 3.05) is 6.61 Å². The normalized spacial score (nSPS) is 21.2. The van der Waals surface area contributed by atoms with Gasteiger partial charge in [0, 0.05) is 7.05 Å². The lowest BCUT2D eigenvalue weighted by atomic mass is 10.1. The Morgan fingerprint density at radius 3 is 2.81 bits per heavy atom. The van der Waals surface area contributed by atoms with E-state index in [2.05, 4.69) is 5.10 Å². The first kappa shape index (κ1) is 11.3. The second-order valence-corrected chi connectivity index (χ2v) is 3.70. The monoisotopic (exact) mass is 236 g/mol. The maximum absolute atomic E-state index is 12.7. The van der Waals surface area contributed by atoms with E-state index in [1.807, 2.05) is 0 Å². The van der Waals surface area contributed by atoms with Gasteiger partial charge in [0.25, 0.3) is 0 Å². The number of hydrogen-bond donors (Lipinski definition) is 1.